The average Bonchev–Trinajstić information content (AvgIpc) is 3.32. The number of benzene rings is 1. The van der Waals surface area contributed by atoms with Crippen molar-refractivity contribution in [1.29, 1.82) is 0 Å². The fraction of sp³-hybridized carbons (Fsp3) is 0.381. The van der Waals surface area contributed by atoms with E-state index in [0.29, 0.717) is 9.37 Å². The second kappa shape index (κ2) is 11.3. The number of hydrogen-bond donors (Lipinski definition) is 2. The molecule has 0 radical (unpaired) electrons. The van der Waals surface area contributed by atoms with E-state index < -0.39 is 60.5 Å². The van der Waals surface area contributed by atoms with Crippen LogP contribution in [-0.4, -0.2) is 73.8 Å². The number of pyridine rings is 1. The molecule has 35 heavy (non-hydrogen) atoms. The first-order valence-electron chi connectivity index (χ1n) is 10.3. The fourth-order valence-corrected chi connectivity index (χ4v) is 5.34. The van der Waals surface area contributed by atoms with Crippen molar-refractivity contribution in [3.8, 4) is 11.3 Å². The van der Waals surface area contributed by atoms with Crippen LogP contribution in [0.1, 0.15) is 6.04 Å². The molecule has 1 aliphatic heterocycles. The van der Waals surface area contributed by atoms with E-state index in [1.165, 1.54) is 22.6 Å². The lowest BCUT2D eigenvalue weighted by molar-refractivity contribution is -0.193. The monoisotopic (exact) mass is 578 g/mol. The number of aliphatic hydroxyl groups is 2. The number of alkyl halides is 1. The Labute approximate surface area is 209 Å². The van der Waals surface area contributed by atoms with Gasteiger partial charge < -0.3 is 19.7 Å². The molecule has 1 fully saturated rings. The summed E-state index contributed by atoms with van der Waals surface area (Å²) in [5, 5.41) is 28.6. The van der Waals surface area contributed by atoms with Crippen molar-refractivity contribution in [2.45, 2.75) is 34.7 Å². The molecule has 0 amide bonds. The smallest absolute Gasteiger partial charge is 0.194 e. The van der Waals surface area contributed by atoms with E-state index in [0.717, 1.165) is 12.1 Å². The lowest BCUT2D eigenvalue weighted by atomic mass is 9.97. The molecule has 14 heteroatoms. The second-order valence-corrected chi connectivity index (χ2v) is 9.61. The molecule has 0 unspecified atom stereocenters. The van der Waals surface area contributed by atoms with Crippen molar-refractivity contribution in [2.75, 3.05) is 19.9 Å². The van der Waals surface area contributed by atoms with Crippen molar-refractivity contribution >= 4 is 27.7 Å². The summed E-state index contributed by atoms with van der Waals surface area (Å²) < 4.78 is 67.3. The molecule has 188 valence electrons. The molecule has 3 aromatic rings. The maximum atomic E-state index is 13.7. The van der Waals surface area contributed by atoms with Gasteiger partial charge in [-0.3, -0.25) is 4.98 Å². The molecule has 0 bridgehead atoms. The van der Waals surface area contributed by atoms with Crippen LogP contribution in [0.3, 0.4) is 0 Å². The molecule has 0 spiro atoms. The lowest BCUT2D eigenvalue weighted by Gasteiger charge is -2.43. The topological polar surface area (TPSA) is 103 Å². The zero-order valence-electron chi connectivity index (χ0n) is 17.8. The fourth-order valence-electron chi connectivity index (χ4n) is 3.67. The number of hydrogen-bond acceptors (Lipinski definition) is 8. The molecule has 0 saturated carbocycles. The molecule has 0 aliphatic carbocycles. The summed E-state index contributed by atoms with van der Waals surface area (Å²) in [6, 6.07) is 2.27. The predicted octanol–water partition coefficient (Wildman–Crippen LogP) is 3.29. The molecule has 2 N–H and O–H groups in total. The summed E-state index contributed by atoms with van der Waals surface area (Å²) in [6.07, 6.45) is 1.04. The Balaban J connectivity index is 1.70. The molecule has 2 aromatic heterocycles. The van der Waals surface area contributed by atoms with Crippen LogP contribution in [0.2, 0.25) is 0 Å². The van der Waals surface area contributed by atoms with Gasteiger partial charge in [0.1, 0.15) is 42.2 Å². The largest absolute Gasteiger partial charge is 0.394 e. The van der Waals surface area contributed by atoms with Crippen LogP contribution in [0.4, 0.5) is 17.6 Å². The normalized spacial score (nSPS) is 24.6. The minimum Gasteiger partial charge on any atom is -0.394 e. The highest BCUT2D eigenvalue weighted by molar-refractivity contribution is 9.10. The van der Waals surface area contributed by atoms with E-state index in [-0.39, 0.29) is 17.9 Å². The first-order valence-corrected chi connectivity index (χ1v) is 12.0. The van der Waals surface area contributed by atoms with Gasteiger partial charge in [-0.1, -0.05) is 17.0 Å². The molecule has 1 aliphatic rings. The molecular formula is C21H19BrF4N4O4S. The molecular weight excluding hydrogens is 560 g/mol. The number of aromatic nitrogens is 4. The zero-order chi connectivity index (χ0) is 25.1. The van der Waals surface area contributed by atoms with E-state index >= 15 is 0 Å². The number of aliphatic hydroxyl groups excluding tert-OH is 2. The molecule has 4 rings (SSSR count). The van der Waals surface area contributed by atoms with Crippen LogP contribution in [0.25, 0.3) is 11.3 Å². The molecule has 3 heterocycles. The van der Waals surface area contributed by atoms with Crippen LogP contribution >= 0.6 is 27.7 Å². The molecule has 8 nitrogen and oxygen atoms in total. The van der Waals surface area contributed by atoms with E-state index in [2.05, 4.69) is 31.2 Å². The summed E-state index contributed by atoms with van der Waals surface area (Å²) in [5.74, 6) is -4.41. The summed E-state index contributed by atoms with van der Waals surface area (Å²) >= 11 is 4.51. The number of rotatable bonds is 8. The van der Waals surface area contributed by atoms with Crippen molar-refractivity contribution in [3.63, 3.8) is 0 Å². The van der Waals surface area contributed by atoms with Crippen molar-refractivity contribution in [2.24, 2.45) is 0 Å². The van der Waals surface area contributed by atoms with Crippen molar-refractivity contribution in [3.05, 3.63) is 58.7 Å². The summed E-state index contributed by atoms with van der Waals surface area (Å²) in [4.78, 5) is 4.76. The second-order valence-electron chi connectivity index (χ2n) is 7.53. The third kappa shape index (κ3) is 5.67. The maximum absolute atomic E-state index is 13.7. The van der Waals surface area contributed by atoms with Gasteiger partial charge in [0, 0.05) is 27.3 Å². The first-order chi connectivity index (χ1) is 16.8. The maximum Gasteiger partial charge on any atom is 0.194 e. The van der Waals surface area contributed by atoms with Gasteiger partial charge in [0.2, 0.25) is 0 Å². The minimum absolute atomic E-state index is 0.00771. The quantitative estimate of drug-likeness (QED) is 0.310. The Morgan fingerprint density at radius 2 is 1.91 bits per heavy atom. The van der Waals surface area contributed by atoms with Crippen LogP contribution in [-0.2, 0) is 9.47 Å². The summed E-state index contributed by atoms with van der Waals surface area (Å²) in [5.41, 5.74) is -0.927. The third-order valence-electron chi connectivity index (χ3n) is 5.24. The zero-order valence-corrected chi connectivity index (χ0v) is 20.2. The Kier molecular flexibility index (Phi) is 8.39. The number of thioether (sulfide) groups is 1. The van der Waals surface area contributed by atoms with Gasteiger partial charge in [-0.05, 0) is 34.1 Å². The van der Waals surface area contributed by atoms with Gasteiger partial charge >= 0.3 is 0 Å². The average molecular weight is 579 g/mol. The van der Waals surface area contributed by atoms with Crippen LogP contribution < -0.4 is 0 Å². The van der Waals surface area contributed by atoms with Gasteiger partial charge in [0.15, 0.2) is 17.5 Å². The predicted molar refractivity (Wildman–Crippen MR) is 120 cm³/mol. The Hall–Kier alpha value is -2.10. The molecule has 5 atom stereocenters. The van der Waals surface area contributed by atoms with E-state index in [1.807, 2.05) is 0 Å². The summed E-state index contributed by atoms with van der Waals surface area (Å²) in [7, 11) is 0. The highest BCUT2D eigenvalue weighted by Crippen LogP contribution is 2.40. The SMILES string of the molecule is OC[C@H]1O[C@H](Sc2cncc(Br)c2)[C@H](OCCF)[C@@H](n2cc(-c3cc(F)c(F)c(F)c3)nn2)[C@H]1O. The van der Waals surface area contributed by atoms with Crippen LogP contribution in [0.5, 0.6) is 0 Å². The van der Waals surface area contributed by atoms with Gasteiger partial charge in [0.25, 0.3) is 0 Å². The Morgan fingerprint density at radius 3 is 2.57 bits per heavy atom. The van der Waals surface area contributed by atoms with Crippen LogP contribution in [0.15, 0.2) is 46.2 Å². The Bertz CT molecular complexity index is 1150. The van der Waals surface area contributed by atoms with Gasteiger partial charge in [-0.15, -0.1) is 5.10 Å². The molecule has 1 saturated heterocycles. The number of halogens is 5. The standard InChI is InChI=1S/C21H19BrF4N4O4S/c22-11-5-12(7-27-6-11)35-21-20(33-2-1-23)18(19(32)16(9-31)34-21)30-8-15(28-29-30)10-3-13(24)17(26)14(25)4-10/h3-8,16,18-21,31-32H,1-2,9H2/t16-,18+,19+,20-,21-/m1/s1. The summed E-state index contributed by atoms with van der Waals surface area (Å²) in [6.45, 7) is -1.67. The van der Waals surface area contributed by atoms with Crippen LogP contribution in [0, 0.1) is 17.5 Å². The van der Waals surface area contributed by atoms with Gasteiger partial charge in [0.05, 0.1) is 19.4 Å². The van der Waals surface area contributed by atoms with E-state index in [1.54, 1.807) is 18.5 Å². The third-order valence-corrected chi connectivity index (χ3v) is 6.78. The highest BCUT2D eigenvalue weighted by Gasteiger charge is 2.48. The number of ether oxygens (including phenoxy) is 2. The van der Waals surface area contributed by atoms with E-state index in [9.17, 15) is 27.8 Å². The van der Waals surface area contributed by atoms with Gasteiger partial charge in [-0.2, -0.15) is 0 Å². The van der Waals surface area contributed by atoms with Crippen molar-refractivity contribution < 1.29 is 37.2 Å². The first kappa shape index (κ1) is 26.0. The number of nitrogens with zero attached hydrogens (tertiary/aromatic N) is 4. The Morgan fingerprint density at radius 1 is 1.17 bits per heavy atom. The highest BCUT2D eigenvalue weighted by atomic mass is 79.9. The minimum atomic E-state index is -1.62. The molecule has 1 aromatic carbocycles. The van der Waals surface area contributed by atoms with E-state index in [4.69, 9.17) is 9.47 Å². The lowest BCUT2D eigenvalue weighted by Crippen LogP contribution is -2.56. The van der Waals surface area contributed by atoms with Gasteiger partial charge in [-0.25, -0.2) is 22.2 Å². The van der Waals surface area contributed by atoms with Crippen molar-refractivity contribution in [1.82, 2.24) is 20.0 Å².